The number of rotatable bonds is 3. The number of hydrogen-bond acceptors (Lipinski definition) is 2. The van der Waals surface area contributed by atoms with Crippen LogP contribution < -0.4 is 5.73 Å². The summed E-state index contributed by atoms with van der Waals surface area (Å²) in [6, 6.07) is 0. The molecule has 0 unspecified atom stereocenters. The maximum Gasteiger partial charge on any atom is 0.152 e. The van der Waals surface area contributed by atoms with Crippen LogP contribution in [-0.4, -0.2) is 11.3 Å². The summed E-state index contributed by atoms with van der Waals surface area (Å²) in [5.74, 6) is 0.265. The third-order valence-electron chi connectivity index (χ3n) is 2.28. The molecule has 0 aromatic heterocycles. The molecule has 2 nitrogen and oxygen atoms in total. The van der Waals surface area contributed by atoms with Gasteiger partial charge in [-0.3, -0.25) is 4.79 Å². The first kappa shape index (κ1) is 7.73. The first-order valence-electron chi connectivity index (χ1n) is 4.01. The van der Waals surface area contributed by atoms with Crippen molar-refractivity contribution in [1.29, 1.82) is 0 Å². The van der Waals surface area contributed by atoms with E-state index in [0.717, 1.165) is 25.7 Å². The highest BCUT2D eigenvalue weighted by atomic mass is 16.1. The van der Waals surface area contributed by atoms with Crippen LogP contribution >= 0.6 is 0 Å². The molecular formula is C8H15NO. The fourth-order valence-corrected chi connectivity index (χ4v) is 1.31. The van der Waals surface area contributed by atoms with Crippen molar-refractivity contribution in [2.24, 2.45) is 5.73 Å². The van der Waals surface area contributed by atoms with E-state index in [1.807, 2.05) is 6.92 Å². The van der Waals surface area contributed by atoms with Crippen molar-refractivity contribution < 1.29 is 4.79 Å². The maximum absolute atomic E-state index is 11.2. The predicted molar refractivity (Wildman–Crippen MR) is 40.7 cm³/mol. The molecule has 0 aromatic rings. The van der Waals surface area contributed by atoms with Gasteiger partial charge in [-0.25, -0.2) is 0 Å². The van der Waals surface area contributed by atoms with E-state index in [-0.39, 0.29) is 5.78 Å². The first-order chi connectivity index (χ1) is 4.69. The molecule has 1 rings (SSSR count). The summed E-state index contributed by atoms with van der Waals surface area (Å²) in [7, 11) is 0. The average molecular weight is 141 g/mol. The molecule has 0 atom stereocenters. The Morgan fingerprint density at radius 2 is 2.20 bits per heavy atom. The Bertz CT molecular complexity index is 138. The van der Waals surface area contributed by atoms with Crippen LogP contribution in [0.15, 0.2) is 0 Å². The van der Waals surface area contributed by atoms with Crippen molar-refractivity contribution in [3.8, 4) is 0 Å². The molecule has 0 aromatic carbocycles. The van der Waals surface area contributed by atoms with Gasteiger partial charge in [-0.05, 0) is 25.7 Å². The highest BCUT2D eigenvalue weighted by Gasteiger charge is 2.38. The van der Waals surface area contributed by atoms with Gasteiger partial charge in [0.1, 0.15) is 0 Å². The zero-order valence-corrected chi connectivity index (χ0v) is 6.52. The number of Topliss-reactive ketones (excluding diaryl/α,β-unsaturated/α-hetero) is 1. The molecule has 1 saturated carbocycles. The van der Waals surface area contributed by atoms with Crippen LogP contribution in [-0.2, 0) is 4.79 Å². The summed E-state index contributed by atoms with van der Waals surface area (Å²) in [5.41, 5.74) is 5.38. The smallest absolute Gasteiger partial charge is 0.152 e. The Kier molecular flexibility index (Phi) is 2.09. The van der Waals surface area contributed by atoms with E-state index in [2.05, 4.69) is 0 Å². The van der Waals surface area contributed by atoms with E-state index in [4.69, 9.17) is 5.73 Å². The molecule has 10 heavy (non-hydrogen) atoms. The number of carbonyl (C=O) groups is 1. The normalized spacial score (nSPS) is 21.8. The topological polar surface area (TPSA) is 43.1 Å². The summed E-state index contributed by atoms with van der Waals surface area (Å²) in [5, 5.41) is 0. The molecule has 1 fully saturated rings. The predicted octanol–water partition coefficient (Wildman–Crippen LogP) is 1.24. The van der Waals surface area contributed by atoms with E-state index < -0.39 is 5.54 Å². The van der Waals surface area contributed by atoms with Crippen LogP contribution in [0, 0.1) is 0 Å². The molecule has 1 aliphatic carbocycles. The van der Waals surface area contributed by atoms with E-state index in [9.17, 15) is 4.79 Å². The second-order valence-electron chi connectivity index (χ2n) is 3.18. The molecule has 0 heterocycles. The number of carbonyl (C=O) groups excluding carboxylic acids is 1. The van der Waals surface area contributed by atoms with Gasteiger partial charge in [0, 0.05) is 6.42 Å². The van der Waals surface area contributed by atoms with Crippen LogP contribution in [0.3, 0.4) is 0 Å². The lowest BCUT2D eigenvalue weighted by atomic mass is 9.73. The molecule has 1 aliphatic rings. The van der Waals surface area contributed by atoms with Gasteiger partial charge in [-0.15, -0.1) is 0 Å². The third kappa shape index (κ3) is 1.21. The Balaban J connectivity index is 2.39. The Hall–Kier alpha value is -0.370. The van der Waals surface area contributed by atoms with Crippen molar-refractivity contribution in [2.45, 2.75) is 44.6 Å². The highest BCUT2D eigenvalue weighted by Crippen LogP contribution is 2.30. The zero-order valence-electron chi connectivity index (χ0n) is 6.52. The van der Waals surface area contributed by atoms with Gasteiger partial charge in [0.15, 0.2) is 5.78 Å². The lowest BCUT2D eigenvalue weighted by molar-refractivity contribution is -0.127. The van der Waals surface area contributed by atoms with Crippen molar-refractivity contribution in [3.05, 3.63) is 0 Å². The van der Waals surface area contributed by atoms with Gasteiger partial charge in [0.2, 0.25) is 0 Å². The van der Waals surface area contributed by atoms with Gasteiger partial charge < -0.3 is 5.73 Å². The van der Waals surface area contributed by atoms with Crippen LogP contribution in [0.1, 0.15) is 39.0 Å². The standard InChI is InChI=1S/C8H15NO/c1-2-4-7(10)8(9)5-3-6-8/h2-6,9H2,1H3. The summed E-state index contributed by atoms with van der Waals surface area (Å²) in [6.07, 6.45) is 4.54. The van der Waals surface area contributed by atoms with E-state index in [1.165, 1.54) is 0 Å². The number of hydrogen-bond donors (Lipinski definition) is 1. The van der Waals surface area contributed by atoms with Gasteiger partial charge in [0.05, 0.1) is 5.54 Å². The monoisotopic (exact) mass is 141 g/mol. The molecule has 0 radical (unpaired) electrons. The molecule has 0 aliphatic heterocycles. The SMILES string of the molecule is CCCC(=O)C1(N)CCC1. The quantitative estimate of drug-likeness (QED) is 0.642. The summed E-state index contributed by atoms with van der Waals surface area (Å²) in [4.78, 5) is 11.2. The summed E-state index contributed by atoms with van der Waals surface area (Å²) in [6.45, 7) is 2.01. The second kappa shape index (κ2) is 2.70. The molecule has 0 bridgehead atoms. The molecule has 2 N–H and O–H groups in total. The van der Waals surface area contributed by atoms with Crippen LogP contribution in [0.4, 0.5) is 0 Å². The van der Waals surface area contributed by atoms with Gasteiger partial charge >= 0.3 is 0 Å². The molecule has 0 amide bonds. The Morgan fingerprint density at radius 3 is 2.50 bits per heavy atom. The first-order valence-corrected chi connectivity index (χ1v) is 4.01. The fraction of sp³-hybridized carbons (Fsp3) is 0.875. The minimum Gasteiger partial charge on any atom is -0.319 e. The maximum atomic E-state index is 11.2. The molecule has 0 saturated heterocycles. The lowest BCUT2D eigenvalue weighted by Crippen LogP contribution is -2.53. The zero-order chi connectivity index (χ0) is 7.61. The van der Waals surface area contributed by atoms with E-state index in [1.54, 1.807) is 0 Å². The number of nitrogens with two attached hydrogens (primary N) is 1. The average Bonchev–Trinajstić information content (AvgIpc) is 1.83. The third-order valence-corrected chi connectivity index (χ3v) is 2.28. The summed E-state index contributed by atoms with van der Waals surface area (Å²) < 4.78 is 0. The van der Waals surface area contributed by atoms with Crippen molar-refractivity contribution >= 4 is 5.78 Å². The fourth-order valence-electron chi connectivity index (χ4n) is 1.31. The lowest BCUT2D eigenvalue weighted by Gasteiger charge is -2.36. The largest absolute Gasteiger partial charge is 0.319 e. The molecule has 2 heteroatoms. The second-order valence-corrected chi connectivity index (χ2v) is 3.18. The van der Waals surface area contributed by atoms with Crippen LogP contribution in [0.5, 0.6) is 0 Å². The molecular weight excluding hydrogens is 126 g/mol. The highest BCUT2D eigenvalue weighted by molar-refractivity contribution is 5.88. The summed E-state index contributed by atoms with van der Waals surface area (Å²) >= 11 is 0. The van der Waals surface area contributed by atoms with Gasteiger partial charge in [-0.2, -0.15) is 0 Å². The van der Waals surface area contributed by atoms with Crippen molar-refractivity contribution in [1.82, 2.24) is 0 Å². The minimum atomic E-state index is -0.407. The van der Waals surface area contributed by atoms with Crippen molar-refractivity contribution in [2.75, 3.05) is 0 Å². The van der Waals surface area contributed by atoms with E-state index >= 15 is 0 Å². The van der Waals surface area contributed by atoms with Crippen LogP contribution in [0.2, 0.25) is 0 Å². The van der Waals surface area contributed by atoms with Crippen molar-refractivity contribution in [3.63, 3.8) is 0 Å². The Morgan fingerprint density at radius 1 is 1.60 bits per heavy atom. The molecule has 58 valence electrons. The Labute approximate surface area is 61.8 Å². The van der Waals surface area contributed by atoms with Gasteiger partial charge in [-0.1, -0.05) is 6.92 Å². The van der Waals surface area contributed by atoms with E-state index in [0.29, 0.717) is 6.42 Å². The number of ketones is 1. The molecule has 0 spiro atoms. The van der Waals surface area contributed by atoms with Gasteiger partial charge in [0.25, 0.3) is 0 Å². The van der Waals surface area contributed by atoms with Crippen LogP contribution in [0.25, 0.3) is 0 Å². The minimum absolute atomic E-state index is 0.265.